The van der Waals surface area contributed by atoms with Crippen molar-refractivity contribution in [3.63, 3.8) is 0 Å². The molecule has 0 amide bonds. The molecule has 120 valence electrons. The third-order valence-electron chi connectivity index (χ3n) is 3.05. The Balaban J connectivity index is 3.05. The molecule has 0 aromatic heterocycles. The van der Waals surface area contributed by atoms with E-state index in [0.717, 1.165) is 18.4 Å². The van der Waals surface area contributed by atoms with E-state index in [1.165, 1.54) is 0 Å². The molecule has 0 saturated heterocycles. The van der Waals surface area contributed by atoms with Crippen LogP contribution < -0.4 is 0 Å². The number of esters is 2. The summed E-state index contributed by atoms with van der Waals surface area (Å²) in [6, 6.07) is 7.33. The zero-order valence-corrected chi connectivity index (χ0v) is 13.5. The summed E-state index contributed by atoms with van der Waals surface area (Å²) in [6.07, 6.45) is 6.12. The highest BCUT2D eigenvalue weighted by molar-refractivity contribution is 6.00. The van der Waals surface area contributed by atoms with Crippen LogP contribution in [0.4, 0.5) is 0 Å². The van der Waals surface area contributed by atoms with E-state index < -0.39 is 17.9 Å². The molecule has 4 nitrogen and oxygen atoms in total. The molecule has 1 rings (SSSR count). The molecule has 22 heavy (non-hydrogen) atoms. The van der Waals surface area contributed by atoms with Crippen molar-refractivity contribution in [2.75, 3.05) is 13.2 Å². The van der Waals surface area contributed by atoms with E-state index in [1.807, 2.05) is 24.3 Å². The second kappa shape index (κ2) is 9.77. The van der Waals surface area contributed by atoms with Gasteiger partial charge in [0.2, 0.25) is 0 Å². The smallest absolute Gasteiger partial charge is 0.324 e. The zero-order valence-electron chi connectivity index (χ0n) is 13.5. The van der Waals surface area contributed by atoms with Gasteiger partial charge < -0.3 is 9.47 Å². The van der Waals surface area contributed by atoms with Crippen LogP contribution in [0.5, 0.6) is 0 Å². The summed E-state index contributed by atoms with van der Waals surface area (Å²) in [5.74, 6) is -2.18. The molecule has 1 aromatic carbocycles. The van der Waals surface area contributed by atoms with Gasteiger partial charge in [-0.15, -0.1) is 0 Å². The van der Waals surface area contributed by atoms with Gasteiger partial charge in [0.15, 0.2) is 5.92 Å². The van der Waals surface area contributed by atoms with Gasteiger partial charge in [0.05, 0.1) is 13.2 Å². The number of unbranched alkanes of at least 4 members (excludes halogenated alkanes) is 1. The van der Waals surface area contributed by atoms with E-state index in [9.17, 15) is 9.59 Å². The van der Waals surface area contributed by atoms with Crippen LogP contribution >= 0.6 is 0 Å². The molecule has 0 aliphatic rings. The van der Waals surface area contributed by atoms with Crippen LogP contribution in [-0.2, 0) is 19.1 Å². The number of allylic oxidation sites excluding steroid dienone is 1. The molecule has 0 bridgehead atoms. The van der Waals surface area contributed by atoms with Crippen LogP contribution in [0.15, 0.2) is 30.3 Å². The van der Waals surface area contributed by atoms with Crippen LogP contribution in [0.3, 0.4) is 0 Å². The Morgan fingerprint density at radius 2 is 1.73 bits per heavy atom. The van der Waals surface area contributed by atoms with Crippen molar-refractivity contribution in [3.8, 4) is 0 Å². The number of rotatable bonds is 8. The first-order chi connectivity index (χ1) is 10.6. The van der Waals surface area contributed by atoms with Gasteiger partial charge in [-0.2, -0.15) is 0 Å². The molecular weight excluding hydrogens is 280 g/mol. The predicted octanol–water partition coefficient (Wildman–Crippen LogP) is 3.71. The fraction of sp³-hybridized carbons (Fsp3) is 0.444. The third-order valence-corrected chi connectivity index (χ3v) is 3.05. The molecular formula is C18H24O4. The summed E-state index contributed by atoms with van der Waals surface area (Å²) in [5, 5.41) is 0. The minimum Gasteiger partial charge on any atom is -0.465 e. The highest BCUT2D eigenvalue weighted by atomic mass is 16.6. The first-order valence-electron chi connectivity index (χ1n) is 7.73. The van der Waals surface area contributed by atoms with Crippen LogP contribution in [0.2, 0.25) is 0 Å². The second-order valence-corrected chi connectivity index (χ2v) is 4.80. The summed E-state index contributed by atoms with van der Waals surface area (Å²) >= 11 is 0. The van der Waals surface area contributed by atoms with Crippen molar-refractivity contribution in [2.45, 2.75) is 39.5 Å². The molecule has 0 atom stereocenters. The number of carbonyl (C=O) groups excluding carboxylic acids is 2. The van der Waals surface area contributed by atoms with Gasteiger partial charge in [-0.1, -0.05) is 49.8 Å². The summed E-state index contributed by atoms with van der Waals surface area (Å²) < 4.78 is 10.0. The van der Waals surface area contributed by atoms with E-state index in [1.54, 1.807) is 19.9 Å². The maximum absolute atomic E-state index is 12.1. The molecule has 0 heterocycles. The highest BCUT2D eigenvalue weighted by Gasteiger charge is 2.31. The summed E-state index contributed by atoms with van der Waals surface area (Å²) in [4.78, 5) is 24.2. The van der Waals surface area contributed by atoms with Gasteiger partial charge in [0.25, 0.3) is 0 Å². The standard InChI is InChI=1S/C18H24O4/c1-4-7-8-10-14-11-9-12-15(13-14)16(17(19)21-5-2)18(20)22-6-3/h8-13,16H,4-7H2,1-3H3. The Kier molecular flexibility index (Phi) is 7.97. The highest BCUT2D eigenvalue weighted by Crippen LogP contribution is 2.21. The van der Waals surface area contributed by atoms with Crippen LogP contribution in [0.25, 0.3) is 6.08 Å². The number of carbonyl (C=O) groups is 2. The Labute approximate surface area is 132 Å². The average molecular weight is 304 g/mol. The Bertz CT molecular complexity index is 502. The monoisotopic (exact) mass is 304 g/mol. The second-order valence-electron chi connectivity index (χ2n) is 4.80. The van der Waals surface area contributed by atoms with Crippen molar-refractivity contribution in [3.05, 3.63) is 41.5 Å². The minimum atomic E-state index is -1.03. The maximum atomic E-state index is 12.1. The van der Waals surface area contributed by atoms with E-state index in [0.29, 0.717) is 5.56 Å². The van der Waals surface area contributed by atoms with Gasteiger partial charge in [0.1, 0.15) is 0 Å². The number of hydrogen-bond acceptors (Lipinski definition) is 4. The van der Waals surface area contributed by atoms with E-state index >= 15 is 0 Å². The largest absolute Gasteiger partial charge is 0.465 e. The van der Waals surface area contributed by atoms with Crippen LogP contribution in [0, 0.1) is 0 Å². The van der Waals surface area contributed by atoms with Crippen molar-refractivity contribution in [1.29, 1.82) is 0 Å². The Morgan fingerprint density at radius 3 is 2.27 bits per heavy atom. The molecule has 4 heteroatoms. The SMILES string of the molecule is CCCC=Cc1cccc(C(C(=O)OCC)C(=O)OCC)c1. The lowest BCUT2D eigenvalue weighted by atomic mass is 9.97. The lowest BCUT2D eigenvalue weighted by Crippen LogP contribution is -2.26. The Hall–Kier alpha value is -2.10. The first-order valence-corrected chi connectivity index (χ1v) is 7.73. The number of benzene rings is 1. The molecule has 0 spiro atoms. The molecule has 0 aliphatic carbocycles. The first kappa shape index (κ1) is 18.0. The number of hydrogen-bond donors (Lipinski definition) is 0. The van der Waals surface area contributed by atoms with Gasteiger partial charge in [-0.25, -0.2) is 0 Å². The summed E-state index contributed by atoms with van der Waals surface area (Å²) in [6.45, 7) is 5.99. The topological polar surface area (TPSA) is 52.6 Å². The van der Waals surface area contributed by atoms with E-state index in [2.05, 4.69) is 13.0 Å². The van der Waals surface area contributed by atoms with Gasteiger partial charge in [-0.3, -0.25) is 9.59 Å². The van der Waals surface area contributed by atoms with Crippen molar-refractivity contribution in [1.82, 2.24) is 0 Å². The molecule has 0 saturated carbocycles. The van der Waals surface area contributed by atoms with Gasteiger partial charge in [0, 0.05) is 0 Å². The van der Waals surface area contributed by atoms with Crippen molar-refractivity contribution in [2.24, 2.45) is 0 Å². The van der Waals surface area contributed by atoms with E-state index in [4.69, 9.17) is 9.47 Å². The molecule has 1 aromatic rings. The Morgan fingerprint density at radius 1 is 1.09 bits per heavy atom. The van der Waals surface area contributed by atoms with E-state index in [-0.39, 0.29) is 13.2 Å². The minimum absolute atomic E-state index is 0.227. The molecule has 0 aliphatic heterocycles. The molecule has 0 N–H and O–H groups in total. The zero-order chi connectivity index (χ0) is 16.4. The average Bonchev–Trinajstić information content (AvgIpc) is 2.49. The predicted molar refractivity (Wildman–Crippen MR) is 86.4 cm³/mol. The number of ether oxygens (including phenoxy) is 2. The fourth-order valence-electron chi connectivity index (χ4n) is 2.05. The fourth-order valence-corrected chi connectivity index (χ4v) is 2.05. The van der Waals surface area contributed by atoms with Crippen molar-refractivity contribution < 1.29 is 19.1 Å². The normalized spacial score (nSPS) is 10.9. The van der Waals surface area contributed by atoms with Crippen molar-refractivity contribution >= 4 is 18.0 Å². The quantitative estimate of drug-likeness (QED) is 0.542. The molecule has 0 unspecified atom stereocenters. The molecule has 0 radical (unpaired) electrons. The molecule has 0 fully saturated rings. The summed E-state index contributed by atoms with van der Waals surface area (Å²) in [5.41, 5.74) is 1.54. The van der Waals surface area contributed by atoms with Gasteiger partial charge in [-0.05, 0) is 31.4 Å². The summed E-state index contributed by atoms with van der Waals surface area (Å²) in [7, 11) is 0. The lowest BCUT2D eigenvalue weighted by Gasteiger charge is -2.15. The van der Waals surface area contributed by atoms with Gasteiger partial charge >= 0.3 is 11.9 Å². The van der Waals surface area contributed by atoms with Crippen LogP contribution in [0.1, 0.15) is 50.7 Å². The van der Waals surface area contributed by atoms with Crippen LogP contribution in [-0.4, -0.2) is 25.2 Å². The maximum Gasteiger partial charge on any atom is 0.324 e. The third kappa shape index (κ3) is 5.35. The lowest BCUT2D eigenvalue weighted by molar-refractivity contribution is -0.156.